The predicted octanol–water partition coefficient (Wildman–Crippen LogP) is -0.131. The molecule has 0 radical (unpaired) electrons. The Kier molecular flexibility index (Phi) is 4.90. The minimum absolute atomic E-state index is 0.0332. The molecule has 2 fully saturated rings. The van der Waals surface area contributed by atoms with E-state index in [0.29, 0.717) is 9.87 Å². The van der Waals surface area contributed by atoms with Gasteiger partial charge >= 0.3 is 0 Å². The van der Waals surface area contributed by atoms with Crippen LogP contribution in [0.2, 0.25) is 0 Å². The van der Waals surface area contributed by atoms with Crippen LogP contribution in [0.1, 0.15) is 18.4 Å². The van der Waals surface area contributed by atoms with Gasteiger partial charge in [-0.1, -0.05) is 6.07 Å². The first kappa shape index (κ1) is 20.2. The van der Waals surface area contributed by atoms with Crippen molar-refractivity contribution >= 4 is 41.5 Å². The van der Waals surface area contributed by atoms with Crippen molar-refractivity contribution in [1.29, 1.82) is 0 Å². The maximum atomic E-state index is 13.0. The molecule has 2 aliphatic rings. The molecule has 3 rings (SSSR count). The fraction of sp³-hybridized carbons (Fsp3) is 0.533. The second-order valence-electron chi connectivity index (χ2n) is 6.75. The monoisotopic (exact) mass is 436 g/mol. The number of sulfonamides is 2. The summed E-state index contributed by atoms with van der Waals surface area (Å²) in [6.45, 7) is 1.55. The van der Waals surface area contributed by atoms with Crippen molar-refractivity contribution in [2.45, 2.75) is 30.7 Å². The molecule has 0 spiro atoms. The Balaban J connectivity index is 2.02. The zero-order valence-corrected chi connectivity index (χ0v) is 17.3. The summed E-state index contributed by atoms with van der Waals surface area (Å²) in [6, 6.07) is 3.29. The van der Waals surface area contributed by atoms with Gasteiger partial charge in [0.25, 0.3) is 0 Å². The summed E-state index contributed by atoms with van der Waals surface area (Å²) in [5, 5.41) is 0. The average Bonchev–Trinajstić information content (AvgIpc) is 3.06. The van der Waals surface area contributed by atoms with E-state index in [0.717, 1.165) is 10.4 Å². The van der Waals surface area contributed by atoms with Crippen LogP contribution in [-0.4, -0.2) is 65.8 Å². The first-order valence-corrected chi connectivity index (χ1v) is 13.1. The van der Waals surface area contributed by atoms with Gasteiger partial charge in [0.05, 0.1) is 27.8 Å². The Hall–Kier alpha value is -1.50. The van der Waals surface area contributed by atoms with Crippen LogP contribution in [0.4, 0.5) is 5.69 Å². The van der Waals surface area contributed by atoms with E-state index >= 15 is 0 Å². The van der Waals surface area contributed by atoms with E-state index in [2.05, 4.69) is 0 Å². The maximum Gasteiger partial charge on any atom is 0.243 e. The van der Waals surface area contributed by atoms with E-state index in [9.17, 15) is 30.0 Å². The molecule has 150 valence electrons. The first-order chi connectivity index (χ1) is 12.3. The summed E-state index contributed by atoms with van der Waals surface area (Å²) >= 11 is 0. The van der Waals surface area contributed by atoms with E-state index in [1.54, 1.807) is 6.92 Å². The molecule has 0 aromatic heterocycles. The number of anilines is 1. The van der Waals surface area contributed by atoms with Crippen LogP contribution in [-0.2, 0) is 34.7 Å². The average molecular weight is 437 g/mol. The van der Waals surface area contributed by atoms with Crippen LogP contribution < -0.4 is 4.31 Å². The highest BCUT2D eigenvalue weighted by Gasteiger charge is 2.39. The van der Waals surface area contributed by atoms with E-state index in [-0.39, 0.29) is 40.7 Å². The zero-order valence-electron chi connectivity index (χ0n) is 14.8. The Labute approximate surface area is 159 Å². The highest BCUT2D eigenvalue weighted by molar-refractivity contribution is 7.94. The number of aryl methyl sites for hydroxylation is 1. The van der Waals surface area contributed by atoms with Crippen molar-refractivity contribution in [3.63, 3.8) is 0 Å². The Bertz CT molecular complexity index is 1110. The third-order valence-corrected chi connectivity index (χ3v) is 10.4. The number of sulfone groups is 1. The third kappa shape index (κ3) is 3.62. The number of hydrogen-bond acceptors (Lipinski definition) is 7. The Morgan fingerprint density at radius 1 is 1.15 bits per heavy atom. The van der Waals surface area contributed by atoms with Gasteiger partial charge in [0.1, 0.15) is 0 Å². The molecule has 1 aromatic rings. The van der Waals surface area contributed by atoms with Gasteiger partial charge in [0, 0.05) is 19.5 Å². The van der Waals surface area contributed by atoms with Crippen molar-refractivity contribution in [3.8, 4) is 0 Å². The standard InChI is InChI=1S/C15H20N2O7S3/c1-11-3-4-12(17-15(18)6-8-26(17,21)22)9-14(11)27(23,24)16(2)13-5-7-25(19,20)10-13/h3-4,9,13H,5-8,10H2,1-2H3/t13-/m0/s1. The highest BCUT2D eigenvalue weighted by atomic mass is 32.2. The van der Waals surface area contributed by atoms with Crippen LogP contribution in [0.3, 0.4) is 0 Å². The van der Waals surface area contributed by atoms with E-state index in [1.165, 1.54) is 19.2 Å². The van der Waals surface area contributed by atoms with Gasteiger partial charge in [0.15, 0.2) is 9.84 Å². The molecular formula is C15H20N2O7S3. The van der Waals surface area contributed by atoms with E-state index < -0.39 is 41.8 Å². The van der Waals surface area contributed by atoms with Crippen LogP contribution in [0, 0.1) is 6.92 Å². The molecule has 1 atom stereocenters. The molecule has 12 heteroatoms. The molecule has 27 heavy (non-hydrogen) atoms. The van der Waals surface area contributed by atoms with Crippen LogP contribution >= 0.6 is 0 Å². The molecule has 2 saturated heterocycles. The zero-order chi connectivity index (χ0) is 20.2. The number of nitrogens with zero attached hydrogens (tertiary/aromatic N) is 2. The Morgan fingerprint density at radius 2 is 1.81 bits per heavy atom. The van der Waals surface area contributed by atoms with Gasteiger partial charge < -0.3 is 0 Å². The molecule has 2 heterocycles. The van der Waals surface area contributed by atoms with Crippen LogP contribution in [0.25, 0.3) is 0 Å². The predicted molar refractivity (Wildman–Crippen MR) is 99.1 cm³/mol. The van der Waals surface area contributed by atoms with E-state index in [4.69, 9.17) is 0 Å². The molecule has 0 bridgehead atoms. The highest BCUT2D eigenvalue weighted by Crippen LogP contribution is 2.31. The van der Waals surface area contributed by atoms with Crippen molar-refractivity contribution in [2.24, 2.45) is 0 Å². The number of rotatable bonds is 4. The quantitative estimate of drug-likeness (QED) is 0.643. The molecule has 1 amide bonds. The first-order valence-electron chi connectivity index (χ1n) is 8.20. The number of hydrogen-bond donors (Lipinski definition) is 0. The summed E-state index contributed by atoms with van der Waals surface area (Å²) in [5.74, 6) is -1.25. The van der Waals surface area contributed by atoms with Gasteiger partial charge in [-0.3, -0.25) is 4.79 Å². The lowest BCUT2D eigenvalue weighted by Gasteiger charge is -2.24. The fourth-order valence-electron chi connectivity index (χ4n) is 3.28. The number of carbonyl (C=O) groups excluding carboxylic acids is 1. The second kappa shape index (κ2) is 6.54. The SMILES string of the molecule is Cc1ccc(N2C(=O)CCS2(=O)=O)cc1S(=O)(=O)N(C)[C@H]1CCS(=O)(=O)C1. The van der Waals surface area contributed by atoms with Crippen molar-refractivity contribution in [2.75, 3.05) is 28.6 Å². The number of benzene rings is 1. The molecule has 2 aliphatic heterocycles. The lowest BCUT2D eigenvalue weighted by atomic mass is 10.2. The Morgan fingerprint density at radius 3 is 2.33 bits per heavy atom. The van der Waals surface area contributed by atoms with E-state index in [1.807, 2.05) is 0 Å². The number of amides is 1. The lowest BCUT2D eigenvalue weighted by molar-refractivity contribution is -0.116. The van der Waals surface area contributed by atoms with Crippen LogP contribution in [0.15, 0.2) is 23.1 Å². The van der Waals surface area contributed by atoms with Gasteiger partial charge in [-0.15, -0.1) is 0 Å². The summed E-state index contributed by atoms with van der Waals surface area (Å²) in [6.07, 6.45) is 0.0495. The molecule has 0 saturated carbocycles. The fourth-order valence-corrected chi connectivity index (χ4v) is 8.22. The van der Waals surface area contributed by atoms with Gasteiger partial charge in [-0.05, 0) is 31.0 Å². The van der Waals surface area contributed by atoms with Crippen molar-refractivity contribution in [1.82, 2.24) is 4.31 Å². The molecule has 0 N–H and O–H groups in total. The summed E-state index contributed by atoms with van der Waals surface area (Å²) < 4.78 is 75.3. The minimum Gasteiger partial charge on any atom is -0.273 e. The molecular weight excluding hydrogens is 416 g/mol. The minimum atomic E-state index is -4.07. The van der Waals surface area contributed by atoms with Gasteiger partial charge in [-0.25, -0.2) is 29.6 Å². The third-order valence-electron chi connectivity index (χ3n) is 4.86. The maximum absolute atomic E-state index is 13.0. The lowest BCUT2D eigenvalue weighted by Crippen LogP contribution is -2.38. The molecule has 1 aromatic carbocycles. The second-order valence-corrected chi connectivity index (χ2v) is 12.9. The summed E-state index contributed by atoms with van der Waals surface area (Å²) in [7, 11) is -9.86. The molecule has 0 unspecified atom stereocenters. The molecule has 0 aliphatic carbocycles. The van der Waals surface area contributed by atoms with Crippen LogP contribution in [0.5, 0.6) is 0 Å². The normalized spacial score (nSPS) is 24.6. The largest absolute Gasteiger partial charge is 0.273 e. The molecule has 9 nitrogen and oxygen atoms in total. The summed E-state index contributed by atoms with van der Waals surface area (Å²) in [5.41, 5.74) is 0.338. The van der Waals surface area contributed by atoms with Crippen molar-refractivity contribution in [3.05, 3.63) is 23.8 Å². The summed E-state index contributed by atoms with van der Waals surface area (Å²) in [4.78, 5) is 11.8. The smallest absolute Gasteiger partial charge is 0.243 e. The number of carbonyl (C=O) groups is 1. The van der Waals surface area contributed by atoms with Crippen molar-refractivity contribution < 1.29 is 30.0 Å². The van der Waals surface area contributed by atoms with Gasteiger partial charge in [0.2, 0.25) is 26.0 Å². The van der Waals surface area contributed by atoms with Gasteiger partial charge in [-0.2, -0.15) is 4.31 Å². The topological polar surface area (TPSA) is 126 Å².